The molecule has 1 saturated heterocycles. The summed E-state index contributed by atoms with van der Waals surface area (Å²) >= 11 is 0. The summed E-state index contributed by atoms with van der Waals surface area (Å²) in [6, 6.07) is 8.10. The van der Waals surface area contributed by atoms with Crippen LogP contribution in [0.15, 0.2) is 24.3 Å². The van der Waals surface area contributed by atoms with Gasteiger partial charge in [-0.3, -0.25) is 0 Å². The molecule has 3 heteroatoms. The van der Waals surface area contributed by atoms with Crippen LogP contribution in [0.5, 0.6) is 0 Å². The summed E-state index contributed by atoms with van der Waals surface area (Å²) in [7, 11) is 0. The highest BCUT2D eigenvalue weighted by Gasteiger charge is 2.20. The Bertz CT molecular complexity index is 358. The molecule has 2 atom stereocenters. The molecule has 1 fully saturated rings. The molecule has 0 radical (unpaired) electrons. The minimum Gasteiger partial charge on any atom is -0.399 e. The van der Waals surface area contributed by atoms with Crippen LogP contribution in [0.3, 0.4) is 0 Å². The van der Waals surface area contributed by atoms with Gasteiger partial charge in [0.25, 0.3) is 0 Å². The number of aliphatic hydroxyl groups is 1. The number of nitrogen functional groups attached to an aromatic ring is 1. The average molecular weight is 262 g/mol. The maximum Gasteiger partial charge on any atom is 0.0580 e. The van der Waals surface area contributed by atoms with Gasteiger partial charge in [-0.25, -0.2) is 0 Å². The Kier molecular flexibility index (Phi) is 5.67. The van der Waals surface area contributed by atoms with Crippen LogP contribution in [0.25, 0.3) is 0 Å². The summed E-state index contributed by atoms with van der Waals surface area (Å²) in [6.07, 6.45) is 6.50. The molecule has 1 aliphatic heterocycles. The van der Waals surface area contributed by atoms with E-state index in [9.17, 15) is 5.11 Å². The third-order valence-corrected chi connectivity index (χ3v) is 4.07. The van der Waals surface area contributed by atoms with E-state index in [-0.39, 0.29) is 6.10 Å². The van der Waals surface area contributed by atoms with Crippen LogP contribution in [-0.4, -0.2) is 24.3 Å². The fourth-order valence-electron chi connectivity index (χ4n) is 2.81. The molecule has 0 saturated carbocycles. The molecule has 2 unspecified atom stereocenters. The van der Waals surface area contributed by atoms with Crippen molar-refractivity contribution >= 4 is 5.69 Å². The van der Waals surface area contributed by atoms with Crippen LogP contribution in [0.2, 0.25) is 0 Å². The zero-order valence-corrected chi connectivity index (χ0v) is 11.6. The Morgan fingerprint density at radius 2 is 2.05 bits per heavy atom. The van der Waals surface area contributed by atoms with Crippen LogP contribution in [0.1, 0.15) is 37.7 Å². The largest absolute Gasteiger partial charge is 0.399 e. The van der Waals surface area contributed by atoms with Crippen molar-refractivity contribution in [2.45, 2.75) is 44.6 Å². The predicted molar refractivity (Wildman–Crippen MR) is 80.0 cm³/mol. The quantitative estimate of drug-likeness (QED) is 0.545. The number of piperidine rings is 1. The first kappa shape index (κ1) is 14.4. The van der Waals surface area contributed by atoms with Crippen molar-refractivity contribution in [3.8, 4) is 0 Å². The van der Waals surface area contributed by atoms with E-state index in [1.807, 2.05) is 12.1 Å². The lowest BCUT2D eigenvalue weighted by Crippen LogP contribution is -2.36. The van der Waals surface area contributed by atoms with Gasteiger partial charge in [0.15, 0.2) is 0 Å². The van der Waals surface area contributed by atoms with E-state index in [2.05, 4.69) is 17.4 Å². The Morgan fingerprint density at radius 1 is 1.26 bits per heavy atom. The van der Waals surface area contributed by atoms with E-state index in [4.69, 9.17) is 5.73 Å². The number of rotatable bonds is 6. The third-order valence-electron chi connectivity index (χ3n) is 4.07. The van der Waals surface area contributed by atoms with Gasteiger partial charge in [-0.15, -0.1) is 0 Å². The molecule has 0 aliphatic carbocycles. The zero-order chi connectivity index (χ0) is 13.5. The minimum atomic E-state index is -0.126. The molecule has 4 N–H and O–H groups in total. The molecular formula is C16H26N2O. The maximum atomic E-state index is 10.2. The normalized spacial score (nSPS) is 21.2. The summed E-state index contributed by atoms with van der Waals surface area (Å²) in [5, 5.41) is 13.5. The second-order valence-corrected chi connectivity index (χ2v) is 5.66. The highest BCUT2D eigenvalue weighted by Crippen LogP contribution is 2.19. The number of hydrogen-bond acceptors (Lipinski definition) is 3. The number of aliphatic hydroxyl groups excluding tert-OH is 1. The van der Waals surface area contributed by atoms with Crippen molar-refractivity contribution in [2.75, 3.05) is 18.8 Å². The lowest BCUT2D eigenvalue weighted by Gasteiger charge is -2.27. The van der Waals surface area contributed by atoms with Crippen LogP contribution in [0, 0.1) is 5.92 Å². The molecule has 3 nitrogen and oxygen atoms in total. The average Bonchev–Trinajstić information content (AvgIpc) is 2.46. The zero-order valence-electron chi connectivity index (χ0n) is 11.6. The van der Waals surface area contributed by atoms with Gasteiger partial charge in [0, 0.05) is 12.2 Å². The summed E-state index contributed by atoms with van der Waals surface area (Å²) in [5.41, 5.74) is 7.82. The molecule has 2 rings (SSSR count). The van der Waals surface area contributed by atoms with Gasteiger partial charge in [-0.1, -0.05) is 18.6 Å². The first-order valence-electron chi connectivity index (χ1n) is 7.49. The van der Waals surface area contributed by atoms with Crippen LogP contribution in [-0.2, 0) is 6.42 Å². The molecule has 1 aromatic carbocycles. The fraction of sp³-hybridized carbons (Fsp3) is 0.625. The summed E-state index contributed by atoms with van der Waals surface area (Å²) in [4.78, 5) is 0. The van der Waals surface area contributed by atoms with Crippen molar-refractivity contribution in [3.05, 3.63) is 29.8 Å². The molecule has 1 aliphatic rings. The lowest BCUT2D eigenvalue weighted by atomic mass is 9.90. The Balaban J connectivity index is 1.62. The number of anilines is 1. The highest BCUT2D eigenvalue weighted by atomic mass is 16.3. The van der Waals surface area contributed by atoms with Crippen LogP contribution >= 0.6 is 0 Å². The van der Waals surface area contributed by atoms with E-state index in [0.29, 0.717) is 5.92 Å². The molecule has 1 aromatic rings. The van der Waals surface area contributed by atoms with E-state index in [1.54, 1.807) is 0 Å². The van der Waals surface area contributed by atoms with E-state index in [1.165, 1.54) is 18.4 Å². The molecular weight excluding hydrogens is 236 g/mol. The lowest BCUT2D eigenvalue weighted by molar-refractivity contribution is 0.0818. The van der Waals surface area contributed by atoms with Gasteiger partial charge in [-0.05, 0) is 62.3 Å². The number of aryl methyl sites for hydroxylation is 1. The molecule has 1 heterocycles. The van der Waals surface area contributed by atoms with Crippen molar-refractivity contribution < 1.29 is 5.11 Å². The second kappa shape index (κ2) is 7.51. The van der Waals surface area contributed by atoms with Crippen molar-refractivity contribution in [3.63, 3.8) is 0 Å². The minimum absolute atomic E-state index is 0.126. The van der Waals surface area contributed by atoms with E-state index >= 15 is 0 Å². The molecule has 19 heavy (non-hydrogen) atoms. The topological polar surface area (TPSA) is 58.3 Å². The number of nitrogens with one attached hydrogen (secondary N) is 1. The van der Waals surface area contributed by atoms with Gasteiger partial charge in [-0.2, -0.15) is 0 Å². The van der Waals surface area contributed by atoms with E-state index in [0.717, 1.165) is 44.5 Å². The summed E-state index contributed by atoms with van der Waals surface area (Å²) < 4.78 is 0. The van der Waals surface area contributed by atoms with E-state index < -0.39 is 0 Å². The Morgan fingerprint density at radius 3 is 2.74 bits per heavy atom. The smallest absolute Gasteiger partial charge is 0.0580 e. The summed E-state index contributed by atoms with van der Waals surface area (Å²) in [5.74, 6) is 0.463. The Labute approximate surface area is 116 Å². The molecule has 0 aromatic heterocycles. The monoisotopic (exact) mass is 262 g/mol. The standard InChI is InChI=1S/C16H26N2O/c17-15-9-7-13(8-10-15)4-1-2-6-16(19)14-5-3-11-18-12-14/h7-10,14,16,18-19H,1-6,11-12,17H2. The van der Waals surface area contributed by atoms with Crippen LogP contribution < -0.4 is 11.1 Å². The number of benzene rings is 1. The first-order valence-corrected chi connectivity index (χ1v) is 7.49. The van der Waals surface area contributed by atoms with Gasteiger partial charge < -0.3 is 16.2 Å². The molecule has 0 bridgehead atoms. The van der Waals surface area contributed by atoms with Crippen molar-refractivity contribution in [1.29, 1.82) is 0 Å². The number of unbranched alkanes of at least 4 members (excludes halogenated alkanes) is 1. The van der Waals surface area contributed by atoms with Crippen molar-refractivity contribution in [2.24, 2.45) is 5.92 Å². The molecule has 0 amide bonds. The highest BCUT2D eigenvalue weighted by molar-refractivity contribution is 5.39. The van der Waals surface area contributed by atoms with Crippen LogP contribution in [0.4, 0.5) is 5.69 Å². The van der Waals surface area contributed by atoms with Gasteiger partial charge in [0.1, 0.15) is 0 Å². The van der Waals surface area contributed by atoms with Gasteiger partial charge in [0.05, 0.1) is 6.10 Å². The summed E-state index contributed by atoms with van der Waals surface area (Å²) in [6.45, 7) is 2.10. The number of hydrogen-bond donors (Lipinski definition) is 3. The SMILES string of the molecule is Nc1ccc(CCCCC(O)C2CCCNC2)cc1. The predicted octanol–water partition coefficient (Wildman–Crippen LogP) is 2.34. The third kappa shape index (κ3) is 4.84. The first-order chi connectivity index (χ1) is 9.25. The van der Waals surface area contributed by atoms with Gasteiger partial charge >= 0.3 is 0 Å². The molecule has 106 valence electrons. The Hall–Kier alpha value is -1.06. The van der Waals surface area contributed by atoms with Crippen molar-refractivity contribution in [1.82, 2.24) is 5.32 Å². The molecule has 0 spiro atoms. The maximum absolute atomic E-state index is 10.2. The van der Waals surface area contributed by atoms with Gasteiger partial charge in [0.2, 0.25) is 0 Å². The second-order valence-electron chi connectivity index (χ2n) is 5.66. The number of nitrogens with two attached hydrogens (primary N) is 1. The fourth-order valence-corrected chi connectivity index (χ4v) is 2.81.